The molecular weight excluding hydrogens is 220 g/mol. The van der Waals surface area contributed by atoms with Crippen LogP contribution in [0.2, 0.25) is 0 Å². The minimum atomic E-state index is -0.852. The highest BCUT2D eigenvalue weighted by Crippen LogP contribution is 2.21. The van der Waals surface area contributed by atoms with Crippen LogP contribution in [-0.4, -0.2) is 39.6 Å². The van der Waals surface area contributed by atoms with Gasteiger partial charge in [0.2, 0.25) is 0 Å². The van der Waals surface area contributed by atoms with Gasteiger partial charge in [-0.1, -0.05) is 0 Å². The Morgan fingerprint density at radius 2 is 2.35 bits per heavy atom. The number of β-amino-alcohol motifs (C(OH)–C–C–N with tert-alkyl or cyclic N) is 1. The Kier molecular flexibility index (Phi) is 3.02. The molecule has 0 aliphatic carbocycles. The zero-order valence-electron chi connectivity index (χ0n) is 9.77. The summed E-state index contributed by atoms with van der Waals surface area (Å²) < 4.78 is 0. The fourth-order valence-corrected chi connectivity index (χ4v) is 2.15. The van der Waals surface area contributed by atoms with Gasteiger partial charge in [0.15, 0.2) is 0 Å². The fourth-order valence-electron chi connectivity index (χ4n) is 2.15. The molecule has 2 rings (SSSR count). The third-order valence-electron chi connectivity index (χ3n) is 3.01. The van der Waals surface area contributed by atoms with Gasteiger partial charge in [-0.2, -0.15) is 0 Å². The van der Waals surface area contributed by atoms with Gasteiger partial charge in [0, 0.05) is 19.3 Å². The van der Waals surface area contributed by atoms with E-state index in [1.165, 1.54) is 17.2 Å². The highest BCUT2D eigenvalue weighted by molar-refractivity contribution is 5.93. The van der Waals surface area contributed by atoms with Crippen molar-refractivity contribution >= 4 is 5.91 Å². The lowest BCUT2D eigenvalue weighted by atomic mass is 9.95. The average Bonchev–Trinajstić information content (AvgIpc) is 2.27. The van der Waals surface area contributed by atoms with Gasteiger partial charge < -0.3 is 15.0 Å². The number of aromatic amines is 1. The number of piperidine rings is 1. The summed E-state index contributed by atoms with van der Waals surface area (Å²) in [4.78, 5) is 27.6. The Bertz CT molecular complexity index is 479. The normalized spacial score (nSPS) is 24.7. The maximum absolute atomic E-state index is 12.1. The van der Waals surface area contributed by atoms with Gasteiger partial charge in [-0.05, 0) is 31.9 Å². The summed E-state index contributed by atoms with van der Waals surface area (Å²) in [5, 5.41) is 9.93. The van der Waals surface area contributed by atoms with Crippen LogP contribution in [0.4, 0.5) is 0 Å². The SMILES string of the molecule is CC1(O)CCCN(C(=O)c2ccc[nH]c2=O)C1. The van der Waals surface area contributed by atoms with E-state index < -0.39 is 5.60 Å². The van der Waals surface area contributed by atoms with Crippen LogP contribution >= 0.6 is 0 Å². The predicted octanol–water partition coefficient (Wildman–Crippen LogP) is 0.362. The van der Waals surface area contributed by atoms with Gasteiger partial charge in [-0.25, -0.2) is 0 Å². The van der Waals surface area contributed by atoms with Crippen LogP contribution in [0.1, 0.15) is 30.1 Å². The molecule has 1 fully saturated rings. The summed E-state index contributed by atoms with van der Waals surface area (Å²) in [6.45, 7) is 2.57. The van der Waals surface area contributed by atoms with Crippen molar-refractivity contribution in [2.75, 3.05) is 13.1 Å². The minimum Gasteiger partial charge on any atom is -0.388 e. The molecule has 92 valence electrons. The molecule has 5 nitrogen and oxygen atoms in total. The number of carbonyl (C=O) groups excluding carboxylic acids is 1. The third kappa shape index (κ3) is 2.55. The number of aromatic nitrogens is 1. The molecule has 17 heavy (non-hydrogen) atoms. The van der Waals surface area contributed by atoms with E-state index in [1.807, 2.05) is 0 Å². The topological polar surface area (TPSA) is 73.4 Å². The lowest BCUT2D eigenvalue weighted by Crippen LogP contribution is -2.49. The first-order valence-electron chi connectivity index (χ1n) is 5.69. The quantitative estimate of drug-likeness (QED) is 0.739. The molecule has 1 aromatic rings. The summed E-state index contributed by atoms with van der Waals surface area (Å²) >= 11 is 0. The number of likely N-dealkylation sites (tertiary alicyclic amines) is 1. The maximum atomic E-state index is 12.1. The van der Waals surface area contributed by atoms with Gasteiger partial charge in [0.25, 0.3) is 11.5 Å². The molecule has 1 amide bonds. The van der Waals surface area contributed by atoms with Crippen molar-refractivity contribution in [2.24, 2.45) is 0 Å². The summed E-state index contributed by atoms with van der Waals surface area (Å²) in [5.41, 5.74) is -1.11. The van der Waals surface area contributed by atoms with Crippen molar-refractivity contribution in [3.63, 3.8) is 0 Å². The minimum absolute atomic E-state index is 0.130. The van der Waals surface area contributed by atoms with Gasteiger partial charge in [0.05, 0.1) is 5.60 Å². The fraction of sp³-hybridized carbons (Fsp3) is 0.500. The molecule has 1 aliphatic rings. The Morgan fingerprint density at radius 3 is 3.00 bits per heavy atom. The first-order valence-corrected chi connectivity index (χ1v) is 5.69. The lowest BCUT2D eigenvalue weighted by molar-refractivity contribution is -0.0108. The number of nitrogens with zero attached hydrogens (tertiary/aromatic N) is 1. The van der Waals surface area contributed by atoms with Crippen LogP contribution in [0.3, 0.4) is 0 Å². The lowest BCUT2D eigenvalue weighted by Gasteiger charge is -2.36. The van der Waals surface area contributed by atoms with Crippen molar-refractivity contribution < 1.29 is 9.90 Å². The molecule has 1 saturated heterocycles. The molecule has 0 aromatic carbocycles. The monoisotopic (exact) mass is 236 g/mol. The third-order valence-corrected chi connectivity index (χ3v) is 3.01. The second-order valence-electron chi connectivity index (χ2n) is 4.74. The van der Waals surface area contributed by atoms with Crippen LogP contribution in [0.25, 0.3) is 0 Å². The molecule has 1 atom stereocenters. The molecule has 1 unspecified atom stereocenters. The highest BCUT2D eigenvalue weighted by atomic mass is 16.3. The van der Waals surface area contributed by atoms with Gasteiger partial charge in [-0.3, -0.25) is 9.59 Å². The van der Waals surface area contributed by atoms with Gasteiger partial charge in [-0.15, -0.1) is 0 Å². The van der Waals surface area contributed by atoms with Crippen molar-refractivity contribution in [3.8, 4) is 0 Å². The van der Waals surface area contributed by atoms with E-state index in [2.05, 4.69) is 4.98 Å². The summed E-state index contributed by atoms with van der Waals surface area (Å²) in [6, 6.07) is 3.13. The van der Waals surface area contributed by atoms with Crippen LogP contribution in [0, 0.1) is 0 Å². The van der Waals surface area contributed by atoms with Crippen molar-refractivity contribution in [1.82, 2.24) is 9.88 Å². The molecular formula is C12H16N2O3. The molecule has 0 saturated carbocycles. The molecule has 2 N–H and O–H groups in total. The molecule has 5 heteroatoms. The van der Waals surface area contributed by atoms with E-state index in [1.54, 1.807) is 13.0 Å². The number of hydrogen-bond acceptors (Lipinski definition) is 3. The Labute approximate surface area is 99.1 Å². The number of aliphatic hydroxyl groups is 1. The standard InChI is InChI=1S/C12H16N2O3/c1-12(17)5-3-7-14(8-12)11(16)9-4-2-6-13-10(9)15/h2,4,6,17H,3,5,7-8H2,1H3,(H,13,15). The number of carbonyl (C=O) groups is 1. The van der Waals surface area contributed by atoms with E-state index in [0.29, 0.717) is 13.0 Å². The van der Waals surface area contributed by atoms with Crippen molar-refractivity contribution in [3.05, 3.63) is 34.2 Å². The summed E-state index contributed by atoms with van der Waals surface area (Å²) in [7, 11) is 0. The summed E-state index contributed by atoms with van der Waals surface area (Å²) in [5.74, 6) is -0.313. The highest BCUT2D eigenvalue weighted by Gasteiger charge is 2.31. The number of nitrogens with one attached hydrogen (secondary N) is 1. The zero-order valence-corrected chi connectivity index (χ0v) is 9.77. The number of rotatable bonds is 1. The molecule has 1 aliphatic heterocycles. The maximum Gasteiger partial charge on any atom is 0.260 e. The summed E-state index contributed by atoms with van der Waals surface area (Å²) in [6.07, 6.45) is 2.93. The Morgan fingerprint density at radius 1 is 1.59 bits per heavy atom. The van der Waals surface area contributed by atoms with Gasteiger partial charge in [0.1, 0.15) is 5.56 Å². The average molecular weight is 236 g/mol. The number of pyridine rings is 1. The van der Waals surface area contributed by atoms with Crippen molar-refractivity contribution in [2.45, 2.75) is 25.4 Å². The zero-order chi connectivity index (χ0) is 12.5. The van der Waals surface area contributed by atoms with E-state index in [4.69, 9.17) is 0 Å². The van der Waals surface area contributed by atoms with Gasteiger partial charge >= 0.3 is 0 Å². The van der Waals surface area contributed by atoms with E-state index >= 15 is 0 Å². The first-order chi connectivity index (χ1) is 7.99. The first kappa shape index (κ1) is 11.9. The van der Waals surface area contributed by atoms with E-state index in [-0.39, 0.29) is 23.6 Å². The van der Waals surface area contributed by atoms with Crippen molar-refractivity contribution in [1.29, 1.82) is 0 Å². The Balaban J connectivity index is 2.21. The molecule has 0 spiro atoms. The number of hydrogen-bond donors (Lipinski definition) is 2. The van der Waals surface area contributed by atoms with Crippen LogP contribution < -0.4 is 5.56 Å². The molecule has 1 aromatic heterocycles. The Hall–Kier alpha value is -1.62. The van der Waals surface area contributed by atoms with Crippen LogP contribution in [0.5, 0.6) is 0 Å². The smallest absolute Gasteiger partial charge is 0.260 e. The van der Waals surface area contributed by atoms with E-state index in [0.717, 1.165) is 6.42 Å². The van der Waals surface area contributed by atoms with E-state index in [9.17, 15) is 14.7 Å². The largest absolute Gasteiger partial charge is 0.388 e. The molecule has 2 heterocycles. The van der Waals surface area contributed by atoms with Crippen LogP contribution in [-0.2, 0) is 0 Å². The number of H-pyrrole nitrogens is 1. The van der Waals surface area contributed by atoms with Crippen LogP contribution in [0.15, 0.2) is 23.1 Å². The molecule has 0 radical (unpaired) electrons. The second-order valence-corrected chi connectivity index (χ2v) is 4.74. The number of amides is 1. The molecule has 0 bridgehead atoms. The second kappa shape index (κ2) is 4.33. The predicted molar refractivity (Wildman–Crippen MR) is 62.8 cm³/mol.